The molecule has 18 nitrogen and oxygen atoms in total. The van der Waals surface area contributed by atoms with E-state index in [0.29, 0.717) is 75.0 Å². The summed E-state index contributed by atoms with van der Waals surface area (Å²) >= 11 is 12.7. The van der Waals surface area contributed by atoms with Gasteiger partial charge in [-0.1, -0.05) is 42.1 Å². The zero-order valence-electron chi connectivity index (χ0n) is 38.0. The number of nitrogens with one attached hydrogen (secondary N) is 3. The number of anilines is 3. The number of piperazine rings is 1. The number of methoxy groups -OCH3 is 2. The van der Waals surface area contributed by atoms with Crippen LogP contribution in [0, 0.1) is 11.3 Å². The van der Waals surface area contributed by atoms with Crippen molar-refractivity contribution in [3.05, 3.63) is 75.4 Å². The van der Waals surface area contributed by atoms with Gasteiger partial charge in [0.1, 0.15) is 24.5 Å². The Labute approximate surface area is 404 Å². The van der Waals surface area contributed by atoms with Crippen molar-refractivity contribution in [1.82, 2.24) is 25.0 Å². The Bertz CT molecular complexity index is 2570. The van der Waals surface area contributed by atoms with E-state index in [9.17, 15) is 29.2 Å². The number of rotatable bonds is 23. The summed E-state index contributed by atoms with van der Waals surface area (Å²) in [5, 5.41) is 19.4. The number of aromatic nitrogens is 1. The Kier molecular flexibility index (Phi) is 17.4. The molecule has 0 radical (unpaired) electrons. The van der Waals surface area contributed by atoms with Crippen LogP contribution in [0.4, 0.5) is 17.1 Å². The average Bonchev–Trinajstić information content (AvgIpc) is 3.59. The molecule has 2 saturated heterocycles. The maximum atomic E-state index is 13.3. The summed E-state index contributed by atoms with van der Waals surface area (Å²) in [5.74, 6) is -1.49. The maximum Gasteiger partial charge on any atom is 0.264 e. The number of nitriles is 1. The minimum atomic E-state index is -1.10. The van der Waals surface area contributed by atoms with E-state index >= 15 is 0 Å². The summed E-state index contributed by atoms with van der Waals surface area (Å²) in [6.45, 7) is 7.39. The third-order valence-electron chi connectivity index (χ3n) is 12.0. The highest BCUT2D eigenvalue weighted by Crippen LogP contribution is 2.41. The molecule has 2 fully saturated rings. The summed E-state index contributed by atoms with van der Waals surface area (Å²) < 4.78 is 28.4. The highest BCUT2D eigenvalue weighted by molar-refractivity contribution is 6.37. The first kappa shape index (κ1) is 49.8. The van der Waals surface area contributed by atoms with Gasteiger partial charge in [0.05, 0.1) is 83.4 Å². The highest BCUT2D eigenvalue weighted by atomic mass is 35.5. The third kappa shape index (κ3) is 12.1. The van der Waals surface area contributed by atoms with Crippen molar-refractivity contribution < 1.29 is 47.7 Å². The molecule has 0 saturated carbocycles. The first-order valence-electron chi connectivity index (χ1n) is 22.6. The summed E-state index contributed by atoms with van der Waals surface area (Å²) in [6.07, 6.45) is 6.61. The molecule has 360 valence electrons. The van der Waals surface area contributed by atoms with Gasteiger partial charge >= 0.3 is 0 Å². The van der Waals surface area contributed by atoms with E-state index in [1.807, 2.05) is 6.07 Å². The van der Waals surface area contributed by atoms with Gasteiger partial charge in [0.25, 0.3) is 11.8 Å². The molecular weight excluding hydrogens is 919 g/mol. The Morgan fingerprint density at radius 1 is 0.824 bits per heavy atom. The van der Waals surface area contributed by atoms with Crippen LogP contribution in [0.3, 0.4) is 0 Å². The number of nitrogens with zero attached hydrogens (tertiary/aromatic N) is 5. The lowest BCUT2D eigenvalue weighted by atomic mass is 10.0. The van der Waals surface area contributed by atoms with Crippen LogP contribution in [-0.2, 0) is 23.9 Å². The monoisotopic (exact) mass is 972 g/mol. The lowest BCUT2D eigenvalue weighted by Crippen LogP contribution is -2.54. The number of pyridine rings is 1. The van der Waals surface area contributed by atoms with Crippen LogP contribution >= 0.6 is 23.2 Å². The van der Waals surface area contributed by atoms with Gasteiger partial charge in [-0.05, 0) is 56.5 Å². The summed E-state index contributed by atoms with van der Waals surface area (Å²) in [6, 6.07) is 12.5. The third-order valence-corrected chi connectivity index (χ3v) is 12.6. The predicted molar refractivity (Wildman–Crippen MR) is 254 cm³/mol. The van der Waals surface area contributed by atoms with Crippen molar-refractivity contribution in [2.75, 3.05) is 97.2 Å². The zero-order valence-corrected chi connectivity index (χ0v) is 39.5. The second-order valence-corrected chi connectivity index (χ2v) is 17.3. The van der Waals surface area contributed by atoms with E-state index in [1.54, 1.807) is 31.4 Å². The smallest absolute Gasteiger partial charge is 0.264 e. The van der Waals surface area contributed by atoms with Crippen LogP contribution in [0.5, 0.6) is 17.2 Å². The number of fused-ring (bicyclic) bond motifs is 2. The van der Waals surface area contributed by atoms with Crippen molar-refractivity contribution >= 4 is 80.7 Å². The molecule has 3 N–H and O–H groups in total. The van der Waals surface area contributed by atoms with Crippen molar-refractivity contribution in [1.29, 1.82) is 5.26 Å². The molecule has 3 aliphatic rings. The SMILES string of the molecule is COc1cc(Nc2c(C#N)cnc3cc(OCCCN4CCN(CCCCCCOCCOCC(=O)Nc5cccc6c5C(=O)N(C5CCC(=O)NC5=O)C6=O)CC4)c(OC)cc23)c(Cl)cc1Cl. The van der Waals surface area contributed by atoms with Crippen LogP contribution in [0.2, 0.25) is 10.0 Å². The molecule has 1 aromatic heterocycles. The van der Waals surface area contributed by atoms with Gasteiger partial charge in [0.2, 0.25) is 17.7 Å². The van der Waals surface area contributed by atoms with Crippen molar-refractivity contribution in [2.45, 2.75) is 51.0 Å². The largest absolute Gasteiger partial charge is 0.495 e. The Morgan fingerprint density at radius 2 is 1.56 bits per heavy atom. The minimum absolute atomic E-state index is 0.00387. The number of benzene rings is 3. The molecule has 0 spiro atoms. The molecule has 4 heterocycles. The summed E-state index contributed by atoms with van der Waals surface area (Å²) in [7, 11) is 3.09. The molecule has 3 aliphatic heterocycles. The molecule has 3 aromatic carbocycles. The second-order valence-electron chi connectivity index (χ2n) is 16.5. The quantitative estimate of drug-likeness (QED) is 0.0558. The van der Waals surface area contributed by atoms with Crippen LogP contribution in [0.25, 0.3) is 10.9 Å². The zero-order chi connectivity index (χ0) is 48.2. The first-order valence-corrected chi connectivity index (χ1v) is 23.3. The number of halogens is 2. The first-order chi connectivity index (χ1) is 33.0. The molecule has 0 bridgehead atoms. The number of imide groups is 2. The van der Waals surface area contributed by atoms with E-state index in [4.69, 9.17) is 46.9 Å². The summed E-state index contributed by atoms with van der Waals surface area (Å²) in [5.41, 5.74) is 2.21. The lowest BCUT2D eigenvalue weighted by molar-refractivity contribution is -0.136. The van der Waals surface area contributed by atoms with Gasteiger partial charge < -0.3 is 44.1 Å². The van der Waals surface area contributed by atoms with E-state index < -0.39 is 35.6 Å². The molecular formula is C48H54Cl2N8O10. The molecule has 4 aromatic rings. The van der Waals surface area contributed by atoms with Crippen LogP contribution in [0.15, 0.2) is 48.7 Å². The second kappa shape index (κ2) is 23.8. The topological polar surface area (TPSA) is 214 Å². The van der Waals surface area contributed by atoms with E-state index in [0.717, 1.165) is 76.3 Å². The van der Waals surface area contributed by atoms with Gasteiger partial charge in [-0.2, -0.15) is 5.26 Å². The maximum absolute atomic E-state index is 13.3. The number of ether oxygens (including phenoxy) is 5. The van der Waals surface area contributed by atoms with E-state index in [1.165, 1.54) is 25.4 Å². The van der Waals surface area contributed by atoms with Crippen LogP contribution in [-0.4, -0.2) is 142 Å². The van der Waals surface area contributed by atoms with Gasteiger partial charge in [0.15, 0.2) is 11.5 Å². The molecule has 1 unspecified atom stereocenters. The van der Waals surface area contributed by atoms with Gasteiger partial charge in [-0.15, -0.1) is 0 Å². The molecule has 0 aliphatic carbocycles. The highest BCUT2D eigenvalue weighted by Gasteiger charge is 2.45. The minimum Gasteiger partial charge on any atom is -0.495 e. The lowest BCUT2D eigenvalue weighted by Gasteiger charge is -2.34. The summed E-state index contributed by atoms with van der Waals surface area (Å²) in [4.78, 5) is 73.2. The average molecular weight is 974 g/mol. The van der Waals surface area contributed by atoms with Crippen molar-refractivity contribution in [3.63, 3.8) is 0 Å². The molecule has 5 amide bonds. The molecule has 7 rings (SSSR count). The van der Waals surface area contributed by atoms with Crippen LogP contribution in [0.1, 0.15) is 71.2 Å². The van der Waals surface area contributed by atoms with Crippen molar-refractivity contribution in [3.8, 4) is 23.3 Å². The molecule has 68 heavy (non-hydrogen) atoms. The number of hydrogen-bond donors (Lipinski definition) is 3. The molecule has 1 atom stereocenters. The van der Waals surface area contributed by atoms with E-state index in [-0.39, 0.29) is 42.9 Å². The van der Waals surface area contributed by atoms with Gasteiger partial charge in [-0.25, -0.2) is 0 Å². The number of hydrogen-bond acceptors (Lipinski definition) is 15. The number of piperidine rings is 1. The number of unbranched alkanes of at least 4 members (excludes halogenated alkanes) is 3. The standard InChI is InChI=1S/C48H54Cl2N8O10/c1-64-39-26-37(33(49)24-34(39)50)54-45-30(27-51)28-52-36-25-41(40(65-2)23-32(36)45)68-20-8-14-57-17-15-56(16-18-57)13-5-3-4-6-19-66-21-22-67-29-43(60)53-35-10-7-9-31-44(35)48(63)58(47(31)62)38-11-12-42(59)55-46(38)61/h7,9-10,23-26,28,38H,3-6,8,11-22,29H2,1-2H3,(H,52,54)(H,53,60)(H,55,59,61). The predicted octanol–water partition coefficient (Wildman–Crippen LogP) is 6.19. The van der Waals surface area contributed by atoms with Gasteiger partial charge in [0, 0.05) is 69.5 Å². The fraction of sp³-hybridized carbons (Fsp3) is 0.438. The number of carbonyl (C=O) groups excluding carboxylic acids is 5. The normalized spacial score (nSPS) is 16.4. The fourth-order valence-electron chi connectivity index (χ4n) is 8.40. The number of carbonyl (C=O) groups is 5. The van der Waals surface area contributed by atoms with Gasteiger partial charge in [-0.3, -0.25) is 39.2 Å². The molecule has 20 heteroatoms. The van der Waals surface area contributed by atoms with Crippen molar-refractivity contribution in [2.24, 2.45) is 0 Å². The van der Waals surface area contributed by atoms with E-state index in [2.05, 4.69) is 36.8 Å². The Balaban J connectivity index is 0.728. The number of amides is 5. The van der Waals surface area contributed by atoms with Crippen LogP contribution < -0.4 is 30.2 Å². The fourth-order valence-corrected chi connectivity index (χ4v) is 8.91. The Morgan fingerprint density at radius 3 is 2.29 bits per heavy atom. The Hall–Kier alpha value is -6.07.